The monoisotopic (exact) mass is 1010 g/mol. The molecule has 0 fully saturated rings. The Morgan fingerprint density at radius 2 is 0.845 bits per heavy atom. The molecular formula is C62H110N2O6P+. The van der Waals surface area contributed by atoms with Crippen LogP contribution in [0.1, 0.15) is 226 Å². The SMILES string of the molecule is CC/C=C\C/C=C\C/C=C\C/C=C\C/C=C\C/C=C\C/C=C\C/C=C\C/C=C\CCCCCCCCCCCC(=O)NC(COP(=O)(O)OCC[N+](C)(C)C)C(O)CCCCCCCCCCCCCC. The maximum Gasteiger partial charge on any atom is 0.472 e. The van der Waals surface area contributed by atoms with Crippen LogP contribution in [0, 0.1) is 0 Å². The number of carbonyl (C=O) groups is 1. The van der Waals surface area contributed by atoms with Crippen molar-refractivity contribution in [3.8, 4) is 0 Å². The molecule has 3 N–H and O–H groups in total. The maximum atomic E-state index is 13.0. The van der Waals surface area contributed by atoms with Gasteiger partial charge in [0.1, 0.15) is 13.2 Å². The number of likely N-dealkylation sites (N-methyl/N-ethyl adjacent to an activating group) is 1. The molecule has 0 heterocycles. The molecule has 0 aromatic carbocycles. The first-order valence-corrected chi connectivity index (χ1v) is 30.2. The van der Waals surface area contributed by atoms with Gasteiger partial charge >= 0.3 is 7.82 Å². The van der Waals surface area contributed by atoms with E-state index in [1.165, 1.54) is 96.3 Å². The highest BCUT2D eigenvalue weighted by atomic mass is 31.2. The van der Waals surface area contributed by atoms with E-state index in [1.54, 1.807) is 0 Å². The zero-order chi connectivity index (χ0) is 52.0. The molecule has 1 amide bonds. The van der Waals surface area contributed by atoms with Crippen LogP contribution in [0.25, 0.3) is 0 Å². The fraction of sp³-hybridized carbons (Fsp3) is 0.694. The van der Waals surface area contributed by atoms with Gasteiger partial charge in [-0.1, -0.05) is 245 Å². The van der Waals surface area contributed by atoms with E-state index < -0.39 is 20.0 Å². The van der Waals surface area contributed by atoms with Crippen molar-refractivity contribution in [2.45, 2.75) is 238 Å². The molecule has 3 unspecified atom stereocenters. The third kappa shape index (κ3) is 54.8. The lowest BCUT2D eigenvalue weighted by molar-refractivity contribution is -0.870. The number of quaternary nitrogens is 1. The van der Waals surface area contributed by atoms with Crippen molar-refractivity contribution in [2.75, 3.05) is 40.9 Å². The molecule has 0 aromatic heterocycles. The van der Waals surface area contributed by atoms with Crippen LogP contribution in [0.3, 0.4) is 0 Å². The molecule has 0 saturated heterocycles. The largest absolute Gasteiger partial charge is 0.472 e. The summed E-state index contributed by atoms with van der Waals surface area (Å²) in [5.41, 5.74) is 0. The Hall–Kier alpha value is -2.84. The molecule has 0 bridgehead atoms. The quantitative estimate of drug-likeness (QED) is 0.0243. The highest BCUT2D eigenvalue weighted by molar-refractivity contribution is 7.47. The number of unbranched alkanes of at least 4 members (excludes halogenated alkanes) is 20. The Balaban J connectivity index is 4.09. The summed E-state index contributed by atoms with van der Waals surface area (Å²) >= 11 is 0. The van der Waals surface area contributed by atoms with Crippen molar-refractivity contribution in [1.82, 2.24) is 5.32 Å². The van der Waals surface area contributed by atoms with Crippen LogP contribution in [0.4, 0.5) is 0 Å². The average Bonchev–Trinajstić information content (AvgIpc) is 3.33. The van der Waals surface area contributed by atoms with E-state index in [9.17, 15) is 19.4 Å². The zero-order valence-electron chi connectivity index (χ0n) is 46.4. The minimum Gasteiger partial charge on any atom is -0.391 e. The highest BCUT2D eigenvalue weighted by Gasteiger charge is 2.28. The second-order valence-electron chi connectivity index (χ2n) is 20.3. The first kappa shape index (κ1) is 68.2. The number of nitrogens with one attached hydrogen (secondary N) is 1. The van der Waals surface area contributed by atoms with E-state index in [4.69, 9.17) is 9.05 Å². The number of amides is 1. The molecule has 9 heteroatoms. The van der Waals surface area contributed by atoms with Gasteiger partial charge in [0.15, 0.2) is 0 Å². The second kappa shape index (κ2) is 52.0. The van der Waals surface area contributed by atoms with Gasteiger partial charge in [0.25, 0.3) is 0 Å². The molecule has 0 aliphatic rings. The van der Waals surface area contributed by atoms with Gasteiger partial charge in [-0.2, -0.15) is 0 Å². The third-order valence-electron chi connectivity index (χ3n) is 12.3. The summed E-state index contributed by atoms with van der Waals surface area (Å²) in [5.74, 6) is -0.156. The van der Waals surface area contributed by atoms with Crippen LogP contribution in [0.15, 0.2) is 109 Å². The Morgan fingerprint density at radius 1 is 0.493 bits per heavy atom. The number of phosphoric acid groups is 1. The first-order chi connectivity index (χ1) is 34.5. The lowest BCUT2D eigenvalue weighted by Crippen LogP contribution is -2.46. The topological polar surface area (TPSA) is 105 Å². The summed E-state index contributed by atoms with van der Waals surface area (Å²) in [6.45, 7) is 4.75. The molecule has 0 rings (SSSR count). The number of aliphatic hydroxyl groups excluding tert-OH is 1. The number of carbonyl (C=O) groups excluding carboxylic acids is 1. The summed E-state index contributed by atoms with van der Waals surface area (Å²) in [7, 11) is 1.60. The zero-order valence-corrected chi connectivity index (χ0v) is 47.3. The maximum absolute atomic E-state index is 13.0. The van der Waals surface area contributed by atoms with E-state index >= 15 is 0 Å². The Labute approximate surface area is 438 Å². The van der Waals surface area contributed by atoms with Crippen molar-refractivity contribution in [3.63, 3.8) is 0 Å². The second-order valence-corrected chi connectivity index (χ2v) is 21.7. The molecule has 8 nitrogen and oxygen atoms in total. The number of rotatable bonds is 51. The predicted octanol–water partition coefficient (Wildman–Crippen LogP) is 17.6. The van der Waals surface area contributed by atoms with Gasteiger partial charge in [-0.25, -0.2) is 4.57 Å². The van der Waals surface area contributed by atoms with Crippen molar-refractivity contribution in [3.05, 3.63) is 109 Å². The van der Waals surface area contributed by atoms with E-state index in [2.05, 4.69) is 129 Å². The van der Waals surface area contributed by atoms with Crippen LogP contribution in [0.2, 0.25) is 0 Å². The minimum absolute atomic E-state index is 0.0686. The van der Waals surface area contributed by atoms with Gasteiger partial charge in [0.05, 0.1) is 39.9 Å². The lowest BCUT2D eigenvalue weighted by Gasteiger charge is -2.26. The van der Waals surface area contributed by atoms with Gasteiger partial charge in [-0.05, 0) is 83.5 Å². The fourth-order valence-corrected chi connectivity index (χ4v) is 8.54. The number of allylic oxidation sites excluding steroid dienone is 18. The standard InChI is InChI=1S/C62H109N2O6P/c1-6-8-10-12-14-16-18-20-21-22-23-24-25-26-27-28-29-30-31-32-33-34-35-36-37-38-39-40-41-42-43-44-46-48-50-52-54-56-62(66)63-60(59-70-71(67,68)69-58-57-64(3,4)5)61(65)55-53-51-49-47-45-19-17-15-13-11-9-7-2/h8,10,14,16,20-21,23-24,26-27,29-30,32-33,35-36,38-39,60-61,65H,6-7,9,11-13,15,17-19,22,25,28,31,34,37,40-59H2,1-5H3,(H-,63,66,67,68)/p+1/b10-8-,16-14-,21-20-,24-23-,27-26-,30-29-,33-32-,36-35-,39-38-. The smallest absolute Gasteiger partial charge is 0.391 e. The third-order valence-corrected chi connectivity index (χ3v) is 13.3. The lowest BCUT2D eigenvalue weighted by atomic mass is 10.0. The summed E-state index contributed by atoms with van der Waals surface area (Å²) in [5, 5.41) is 14.0. The molecule has 0 aromatic rings. The molecule has 0 aliphatic heterocycles. The van der Waals surface area contributed by atoms with Crippen LogP contribution in [0.5, 0.6) is 0 Å². The van der Waals surface area contributed by atoms with Gasteiger partial charge < -0.3 is 19.8 Å². The van der Waals surface area contributed by atoms with E-state index in [0.717, 1.165) is 103 Å². The van der Waals surface area contributed by atoms with E-state index in [1.807, 2.05) is 21.1 Å². The number of hydrogen-bond acceptors (Lipinski definition) is 5. The molecule has 408 valence electrons. The van der Waals surface area contributed by atoms with Crippen LogP contribution >= 0.6 is 7.82 Å². The van der Waals surface area contributed by atoms with Crippen LogP contribution < -0.4 is 5.32 Å². The van der Waals surface area contributed by atoms with Crippen LogP contribution in [-0.4, -0.2) is 73.4 Å². The normalized spacial score (nSPS) is 14.7. The summed E-state index contributed by atoms with van der Waals surface area (Å²) < 4.78 is 23.7. The van der Waals surface area contributed by atoms with E-state index in [0.29, 0.717) is 23.9 Å². The van der Waals surface area contributed by atoms with Crippen LogP contribution in [-0.2, 0) is 18.4 Å². The van der Waals surface area contributed by atoms with E-state index in [-0.39, 0.29) is 19.1 Å². The number of nitrogens with zero attached hydrogens (tertiary/aromatic N) is 1. The van der Waals surface area contributed by atoms with Gasteiger partial charge in [0.2, 0.25) is 5.91 Å². The molecular weight excluding hydrogens is 900 g/mol. The molecule has 0 radical (unpaired) electrons. The summed E-state index contributed by atoms with van der Waals surface area (Å²) in [6, 6.07) is -0.770. The minimum atomic E-state index is -4.33. The number of hydrogen-bond donors (Lipinski definition) is 3. The average molecular weight is 1010 g/mol. The molecule has 3 atom stereocenters. The first-order valence-electron chi connectivity index (χ1n) is 28.8. The molecule has 0 saturated carbocycles. The van der Waals surface area contributed by atoms with Gasteiger partial charge in [0, 0.05) is 6.42 Å². The molecule has 0 spiro atoms. The number of phosphoric ester groups is 1. The predicted molar refractivity (Wildman–Crippen MR) is 309 cm³/mol. The molecule has 71 heavy (non-hydrogen) atoms. The van der Waals surface area contributed by atoms with Crippen molar-refractivity contribution in [2.24, 2.45) is 0 Å². The molecule has 0 aliphatic carbocycles. The summed E-state index contributed by atoms with van der Waals surface area (Å²) in [6.07, 6.45) is 75.7. The fourth-order valence-electron chi connectivity index (χ4n) is 7.80. The Kier molecular flexibility index (Phi) is 50.0. The van der Waals surface area contributed by atoms with Gasteiger partial charge in [-0.15, -0.1) is 0 Å². The Bertz CT molecular complexity index is 1520. The van der Waals surface area contributed by atoms with Crippen molar-refractivity contribution in [1.29, 1.82) is 0 Å². The van der Waals surface area contributed by atoms with Crippen molar-refractivity contribution < 1.29 is 32.9 Å². The Morgan fingerprint density at radius 3 is 1.24 bits per heavy atom. The summed E-state index contributed by atoms with van der Waals surface area (Å²) in [4.78, 5) is 23.3. The number of aliphatic hydroxyl groups is 1. The van der Waals surface area contributed by atoms with Gasteiger partial charge in [-0.3, -0.25) is 13.8 Å². The highest BCUT2D eigenvalue weighted by Crippen LogP contribution is 2.43. The van der Waals surface area contributed by atoms with Crippen molar-refractivity contribution >= 4 is 13.7 Å².